The van der Waals surface area contributed by atoms with Gasteiger partial charge in [-0.05, 0) is 29.4 Å². The molecule has 37 heavy (non-hydrogen) atoms. The van der Waals surface area contributed by atoms with Gasteiger partial charge < -0.3 is 15.5 Å². The second-order valence-corrected chi connectivity index (χ2v) is 10.8. The van der Waals surface area contributed by atoms with Gasteiger partial charge in [0, 0.05) is 25.4 Å². The second kappa shape index (κ2) is 12.9. The van der Waals surface area contributed by atoms with Gasteiger partial charge in [-0.3, -0.25) is 24.5 Å². The molecule has 3 atom stereocenters. The van der Waals surface area contributed by atoms with Crippen LogP contribution in [-0.4, -0.2) is 60.3 Å². The van der Waals surface area contributed by atoms with Crippen LogP contribution in [0.2, 0.25) is 0 Å². The molecule has 1 rings (SSSR count). The van der Waals surface area contributed by atoms with Crippen molar-refractivity contribution in [3.05, 3.63) is 45.5 Å². The van der Waals surface area contributed by atoms with E-state index in [0.29, 0.717) is 0 Å². The van der Waals surface area contributed by atoms with E-state index >= 15 is 0 Å². The van der Waals surface area contributed by atoms with E-state index < -0.39 is 70.8 Å². The summed E-state index contributed by atoms with van der Waals surface area (Å²) in [4.78, 5) is 50.8. The van der Waals surface area contributed by atoms with Crippen LogP contribution in [0.3, 0.4) is 0 Å². The van der Waals surface area contributed by atoms with Crippen LogP contribution >= 0.6 is 0 Å². The van der Waals surface area contributed by atoms with E-state index in [-0.39, 0.29) is 17.9 Å². The fourth-order valence-corrected chi connectivity index (χ4v) is 3.91. The van der Waals surface area contributed by atoms with Crippen LogP contribution < -0.4 is 10.6 Å². The largest absolute Gasteiger partial charge is 0.416 e. The molecule has 0 saturated heterocycles. The van der Waals surface area contributed by atoms with E-state index in [1.54, 1.807) is 20.8 Å². The number of hydrogen-bond donors (Lipinski definition) is 2. The third-order valence-electron chi connectivity index (χ3n) is 5.71. The van der Waals surface area contributed by atoms with Gasteiger partial charge in [-0.1, -0.05) is 52.8 Å². The number of carbonyl (C=O) groups is 3. The lowest BCUT2D eigenvalue weighted by molar-refractivity contribution is -0.486. The Bertz CT molecular complexity index is 974. The predicted octanol–water partition coefficient (Wildman–Crippen LogP) is 3.29. The van der Waals surface area contributed by atoms with Gasteiger partial charge in [0.25, 0.3) is 0 Å². The van der Waals surface area contributed by atoms with Gasteiger partial charge >= 0.3 is 6.18 Å². The lowest BCUT2D eigenvalue weighted by atomic mass is 9.85. The lowest BCUT2D eigenvalue weighted by Gasteiger charge is -2.33. The molecule has 1 aromatic rings. The normalized spacial score (nSPS) is 14.5. The molecular weight excluding hydrogens is 493 g/mol. The summed E-state index contributed by atoms with van der Waals surface area (Å²) in [6.45, 7) is 7.98. The number of rotatable bonds is 11. The number of nitro groups is 1. The number of halogens is 3. The van der Waals surface area contributed by atoms with Crippen LogP contribution in [0.1, 0.15) is 52.2 Å². The van der Waals surface area contributed by atoms with E-state index in [0.717, 1.165) is 11.0 Å². The van der Waals surface area contributed by atoms with Crippen LogP contribution in [0, 0.1) is 27.4 Å². The summed E-state index contributed by atoms with van der Waals surface area (Å²) in [7, 11) is 2.82. The standard InChI is InChI=1S/C25H37F3N4O5/c1-15(2)12-17(14-32(36)37)21(33)30-20(24(3,4)5)22(34)29-19(23(35)31(6)7)13-16-10-8-9-11-18(16)25(26,27)28/h8-11,15,17,19-20H,12-14H2,1-7H3,(H,29,34)(H,30,33)/t17-,19-,20-/m1/s1. The molecule has 12 heteroatoms. The maximum atomic E-state index is 13.5. The number of likely N-dealkylation sites (N-methyl/N-ethyl adjacent to an activating group) is 1. The first-order valence-electron chi connectivity index (χ1n) is 11.9. The van der Waals surface area contributed by atoms with E-state index in [1.807, 2.05) is 13.8 Å². The van der Waals surface area contributed by atoms with Gasteiger partial charge in [-0.15, -0.1) is 0 Å². The zero-order chi connectivity index (χ0) is 28.7. The summed E-state index contributed by atoms with van der Waals surface area (Å²) in [5, 5.41) is 16.2. The van der Waals surface area contributed by atoms with Gasteiger partial charge in [0.15, 0.2) is 0 Å². The van der Waals surface area contributed by atoms with E-state index in [2.05, 4.69) is 10.6 Å². The Morgan fingerprint density at radius 3 is 2.05 bits per heavy atom. The highest BCUT2D eigenvalue weighted by Gasteiger charge is 2.39. The Hall–Kier alpha value is -3.18. The first kappa shape index (κ1) is 31.8. The van der Waals surface area contributed by atoms with Gasteiger partial charge in [0.2, 0.25) is 24.3 Å². The molecule has 9 nitrogen and oxygen atoms in total. The topological polar surface area (TPSA) is 122 Å². The highest BCUT2D eigenvalue weighted by atomic mass is 19.4. The van der Waals surface area contributed by atoms with E-state index in [9.17, 15) is 37.7 Å². The Kier molecular flexibility index (Phi) is 11.1. The van der Waals surface area contributed by atoms with Crippen LogP contribution in [0.4, 0.5) is 13.2 Å². The third kappa shape index (κ3) is 10.0. The van der Waals surface area contributed by atoms with Crippen molar-refractivity contribution in [1.82, 2.24) is 15.5 Å². The van der Waals surface area contributed by atoms with Gasteiger partial charge in [-0.2, -0.15) is 13.2 Å². The van der Waals surface area contributed by atoms with Crippen LogP contribution in [0.25, 0.3) is 0 Å². The van der Waals surface area contributed by atoms with Crippen LogP contribution in [0.5, 0.6) is 0 Å². The number of alkyl halides is 3. The summed E-state index contributed by atoms with van der Waals surface area (Å²) >= 11 is 0. The summed E-state index contributed by atoms with van der Waals surface area (Å²) < 4.78 is 40.6. The number of carbonyl (C=O) groups excluding carboxylic acids is 3. The van der Waals surface area contributed by atoms with E-state index in [4.69, 9.17) is 0 Å². The quantitative estimate of drug-likeness (QED) is 0.336. The molecule has 0 aromatic heterocycles. The Labute approximate surface area is 215 Å². The molecule has 0 unspecified atom stereocenters. The molecule has 0 aliphatic rings. The molecule has 0 spiro atoms. The minimum Gasteiger partial charge on any atom is -0.347 e. The molecule has 0 aliphatic carbocycles. The minimum atomic E-state index is -4.66. The monoisotopic (exact) mass is 530 g/mol. The number of amides is 3. The molecule has 2 N–H and O–H groups in total. The summed E-state index contributed by atoms with van der Waals surface area (Å²) in [6, 6.07) is 2.22. The van der Waals surface area contributed by atoms with E-state index in [1.165, 1.54) is 32.3 Å². The molecule has 0 saturated carbocycles. The van der Waals surface area contributed by atoms with Crippen molar-refractivity contribution < 1.29 is 32.5 Å². The van der Waals surface area contributed by atoms with Crippen molar-refractivity contribution in [3.63, 3.8) is 0 Å². The van der Waals surface area contributed by atoms with Crippen molar-refractivity contribution in [2.24, 2.45) is 17.3 Å². The molecule has 208 valence electrons. The Balaban J connectivity index is 3.29. The summed E-state index contributed by atoms with van der Waals surface area (Å²) in [6.07, 6.45) is -4.86. The van der Waals surface area contributed by atoms with Crippen molar-refractivity contribution in [3.8, 4) is 0 Å². The zero-order valence-corrected chi connectivity index (χ0v) is 22.3. The van der Waals surface area contributed by atoms with Gasteiger partial charge in [0.05, 0.1) is 5.56 Å². The third-order valence-corrected chi connectivity index (χ3v) is 5.71. The Morgan fingerprint density at radius 1 is 1.03 bits per heavy atom. The molecule has 3 amide bonds. The fraction of sp³-hybridized carbons (Fsp3) is 0.640. The predicted molar refractivity (Wildman–Crippen MR) is 132 cm³/mol. The van der Waals surface area contributed by atoms with Crippen molar-refractivity contribution in [2.45, 2.75) is 65.7 Å². The summed E-state index contributed by atoms with van der Waals surface area (Å²) in [5.74, 6) is -3.09. The minimum absolute atomic E-state index is 0.0200. The fourth-order valence-electron chi connectivity index (χ4n) is 3.91. The number of hydrogen-bond acceptors (Lipinski definition) is 5. The first-order chi connectivity index (χ1) is 16.8. The number of nitrogens with zero attached hydrogens (tertiary/aromatic N) is 2. The molecule has 0 aliphatic heterocycles. The van der Waals surface area contributed by atoms with Crippen LogP contribution in [0.15, 0.2) is 24.3 Å². The van der Waals surface area contributed by atoms with Crippen molar-refractivity contribution in [2.75, 3.05) is 20.6 Å². The second-order valence-electron chi connectivity index (χ2n) is 10.8. The maximum absolute atomic E-state index is 13.5. The summed E-state index contributed by atoms with van der Waals surface area (Å²) in [5.41, 5.74) is -1.97. The molecule has 0 radical (unpaired) electrons. The average molecular weight is 531 g/mol. The maximum Gasteiger partial charge on any atom is 0.416 e. The van der Waals surface area contributed by atoms with Crippen LogP contribution in [-0.2, 0) is 27.0 Å². The molecular formula is C25H37F3N4O5. The average Bonchev–Trinajstić information content (AvgIpc) is 2.73. The highest BCUT2D eigenvalue weighted by Crippen LogP contribution is 2.32. The zero-order valence-electron chi connectivity index (χ0n) is 22.3. The molecule has 0 bridgehead atoms. The lowest BCUT2D eigenvalue weighted by Crippen LogP contribution is -2.59. The number of benzene rings is 1. The SMILES string of the molecule is CC(C)C[C@H](C[N+](=O)[O-])C(=O)N[C@H](C(=O)N[C@H](Cc1ccccc1C(F)(F)F)C(=O)N(C)C)C(C)(C)C. The van der Waals surface area contributed by atoms with Gasteiger partial charge in [-0.25, -0.2) is 0 Å². The molecule has 1 aromatic carbocycles. The Morgan fingerprint density at radius 2 is 1.59 bits per heavy atom. The van der Waals surface area contributed by atoms with Crippen molar-refractivity contribution in [1.29, 1.82) is 0 Å². The van der Waals surface area contributed by atoms with Gasteiger partial charge in [0.1, 0.15) is 18.0 Å². The number of nitrogens with one attached hydrogen (secondary N) is 2. The van der Waals surface area contributed by atoms with Crippen molar-refractivity contribution >= 4 is 17.7 Å². The highest BCUT2D eigenvalue weighted by molar-refractivity contribution is 5.93. The molecule has 0 heterocycles. The molecule has 0 fully saturated rings. The smallest absolute Gasteiger partial charge is 0.347 e. The first-order valence-corrected chi connectivity index (χ1v) is 11.9.